The molecule has 1 fully saturated rings. The lowest BCUT2D eigenvalue weighted by atomic mass is 10.00. The van der Waals surface area contributed by atoms with Crippen molar-refractivity contribution in [1.29, 1.82) is 0 Å². The third-order valence-corrected chi connectivity index (χ3v) is 7.88. The molecular weight excluding hydrogens is 571 g/mol. The predicted molar refractivity (Wildman–Crippen MR) is 144 cm³/mol. The van der Waals surface area contributed by atoms with E-state index in [2.05, 4.69) is 22.2 Å². The van der Waals surface area contributed by atoms with Crippen molar-refractivity contribution in [2.75, 3.05) is 17.2 Å². The van der Waals surface area contributed by atoms with Crippen LogP contribution < -0.4 is 10.6 Å². The van der Waals surface area contributed by atoms with E-state index < -0.39 is 27.5 Å². The lowest BCUT2D eigenvalue weighted by Gasteiger charge is -2.15. The van der Waals surface area contributed by atoms with Gasteiger partial charge in [-0.25, -0.2) is 4.98 Å². The van der Waals surface area contributed by atoms with Gasteiger partial charge < -0.3 is 15.4 Å². The number of halogens is 6. The van der Waals surface area contributed by atoms with Crippen molar-refractivity contribution in [3.05, 3.63) is 92.8 Å². The maximum Gasteiger partial charge on any atom is 0.258 e. The summed E-state index contributed by atoms with van der Waals surface area (Å²) in [7, 11) is 0. The summed E-state index contributed by atoms with van der Waals surface area (Å²) in [6.07, 6.45) is 2.02. The number of nitrogens with one attached hydrogen (secondary N) is 2. The molecule has 0 saturated heterocycles. The van der Waals surface area contributed by atoms with E-state index in [1.54, 1.807) is 24.3 Å². The number of rotatable bonds is 8. The van der Waals surface area contributed by atoms with Crippen molar-refractivity contribution >= 4 is 87.8 Å². The van der Waals surface area contributed by atoms with Crippen LogP contribution in [0.3, 0.4) is 0 Å². The van der Waals surface area contributed by atoms with Crippen molar-refractivity contribution in [3.63, 3.8) is 0 Å². The minimum absolute atomic E-state index is 0.00695. The summed E-state index contributed by atoms with van der Waals surface area (Å²) in [5.74, 6) is -1.93. The van der Waals surface area contributed by atoms with Gasteiger partial charge in [-0.2, -0.15) is 4.39 Å². The average Bonchev–Trinajstić information content (AvgIpc) is 3.32. The largest absolute Gasteiger partial charge is 0.384 e. The monoisotopic (exact) mass is 585 g/mol. The van der Waals surface area contributed by atoms with Gasteiger partial charge in [0.05, 0.1) is 16.0 Å². The molecule has 36 heavy (non-hydrogen) atoms. The van der Waals surface area contributed by atoms with Gasteiger partial charge in [0.15, 0.2) is 0 Å². The van der Waals surface area contributed by atoms with Gasteiger partial charge in [0.25, 0.3) is 5.91 Å². The molecule has 11 heteroatoms. The summed E-state index contributed by atoms with van der Waals surface area (Å²) in [6, 6.07) is 12.4. The van der Waals surface area contributed by atoms with Gasteiger partial charge >= 0.3 is 0 Å². The number of alkyl halides is 2. The first-order valence-corrected chi connectivity index (χ1v) is 12.4. The van der Waals surface area contributed by atoms with Crippen molar-refractivity contribution in [3.8, 4) is 0 Å². The fourth-order valence-electron chi connectivity index (χ4n) is 4.04. The zero-order chi connectivity index (χ0) is 26.3. The van der Waals surface area contributed by atoms with Gasteiger partial charge in [0, 0.05) is 33.8 Å². The van der Waals surface area contributed by atoms with E-state index in [-0.39, 0.29) is 28.5 Å². The van der Waals surface area contributed by atoms with Crippen molar-refractivity contribution in [2.45, 2.75) is 10.3 Å². The highest BCUT2D eigenvalue weighted by Gasteiger charge is 2.76. The maximum atomic E-state index is 13.9. The van der Waals surface area contributed by atoms with Crippen LogP contribution in [0.1, 0.15) is 27.4 Å². The molecule has 0 aliphatic heterocycles. The Kier molecular flexibility index (Phi) is 7.56. The molecule has 1 aromatic heterocycles. The molecule has 186 valence electrons. The van der Waals surface area contributed by atoms with E-state index in [9.17, 15) is 14.0 Å². The molecule has 2 N–H and O–H groups in total. The highest BCUT2D eigenvalue weighted by molar-refractivity contribution is 6.54. The second-order valence-electron chi connectivity index (χ2n) is 8.20. The number of carbonyl (C=O) groups is 2. The molecule has 1 heterocycles. The number of carbonyl (C=O) groups excluding carboxylic acids is 2. The van der Waals surface area contributed by atoms with E-state index in [4.69, 9.17) is 58.0 Å². The lowest BCUT2D eigenvalue weighted by Crippen LogP contribution is -2.23. The van der Waals surface area contributed by atoms with Crippen LogP contribution in [0.15, 0.2) is 55.1 Å². The second-order valence-corrected chi connectivity index (χ2v) is 10.9. The van der Waals surface area contributed by atoms with E-state index >= 15 is 0 Å². The quantitative estimate of drug-likeness (QED) is 0.161. The average molecular weight is 588 g/mol. The molecular formula is C25H17Cl5FN3O2. The topological polar surface area (TPSA) is 71.1 Å². The zero-order valence-corrected chi connectivity index (χ0v) is 22.1. The van der Waals surface area contributed by atoms with Crippen LogP contribution in [0, 0.1) is 11.4 Å². The molecule has 1 aliphatic rings. The van der Waals surface area contributed by atoms with E-state index in [0.717, 1.165) is 0 Å². The van der Waals surface area contributed by atoms with Crippen LogP contribution >= 0.6 is 58.0 Å². The van der Waals surface area contributed by atoms with Crippen LogP contribution in [-0.2, 0) is 4.79 Å². The Labute approximate surface area is 231 Å². The van der Waals surface area contributed by atoms with Gasteiger partial charge in [-0.3, -0.25) is 4.79 Å². The van der Waals surface area contributed by atoms with Gasteiger partial charge in [0.1, 0.15) is 16.4 Å². The van der Waals surface area contributed by atoms with Crippen LogP contribution in [0.2, 0.25) is 15.1 Å². The summed E-state index contributed by atoms with van der Waals surface area (Å²) in [6.45, 7) is 3.55. The summed E-state index contributed by atoms with van der Waals surface area (Å²) in [4.78, 5) is 28.7. The van der Waals surface area contributed by atoms with Crippen molar-refractivity contribution in [1.82, 2.24) is 4.98 Å². The number of aldehydes is 1. The first kappa shape index (κ1) is 26.7. The Morgan fingerprint density at radius 2 is 1.78 bits per heavy atom. The van der Waals surface area contributed by atoms with E-state index in [0.29, 0.717) is 27.6 Å². The van der Waals surface area contributed by atoms with Crippen LogP contribution in [0.4, 0.5) is 15.9 Å². The third kappa shape index (κ3) is 4.93. The molecule has 2 atom stereocenters. The third-order valence-electron chi connectivity index (χ3n) is 5.98. The highest BCUT2D eigenvalue weighted by Crippen LogP contribution is 2.73. The summed E-state index contributed by atoms with van der Waals surface area (Å²) >= 11 is 31.5. The number of amides is 1. The lowest BCUT2D eigenvalue weighted by molar-refractivity contribution is -0.112. The molecule has 0 spiro atoms. The summed E-state index contributed by atoms with van der Waals surface area (Å²) < 4.78 is 12.5. The van der Waals surface area contributed by atoms with Crippen molar-refractivity contribution < 1.29 is 14.0 Å². The predicted octanol–water partition coefficient (Wildman–Crippen LogP) is 7.64. The zero-order valence-electron chi connectivity index (χ0n) is 18.3. The Balaban J connectivity index is 1.53. The number of benzene rings is 2. The Bertz CT molecular complexity index is 1360. The molecule has 0 radical (unpaired) electrons. The molecule has 0 bridgehead atoms. The van der Waals surface area contributed by atoms with Gasteiger partial charge in [-0.15, -0.1) is 0 Å². The normalized spacial score (nSPS) is 19.9. The second kappa shape index (κ2) is 10.2. The molecule has 4 rings (SSSR count). The maximum absolute atomic E-state index is 13.9. The smallest absolute Gasteiger partial charge is 0.258 e. The standard InChI is InChI=1S/C25H17Cl5FN3O2/c1-2-13-3-6-20(33-22(13)31)34-23(36)18-10-17(4-5-19(18)28)32-11-24(12-35)21(25(24,29)30)14-7-15(26)9-16(27)8-14/h2-10,12,21,32H,1,11H2,(H,33,34,36). The van der Waals surface area contributed by atoms with Gasteiger partial charge in [0.2, 0.25) is 5.95 Å². The van der Waals surface area contributed by atoms with Gasteiger partial charge in [-0.1, -0.05) is 70.7 Å². The molecule has 1 aliphatic carbocycles. The summed E-state index contributed by atoms with van der Waals surface area (Å²) in [5, 5.41) is 6.55. The Morgan fingerprint density at radius 3 is 2.39 bits per heavy atom. The number of nitrogens with zero attached hydrogens (tertiary/aromatic N) is 1. The first-order valence-electron chi connectivity index (χ1n) is 10.5. The number of anilines is 2. The van der Waals surface area contributed by atoms with E-state index in [1.165, 1.54) is 30.3 Å². The fraction of sp³-hybridized carbons (Fsp3) is 0.160. The number of hydrogen-bond donors (Lipinski definition) is 2. The SMILES string of the molecule is C=Cc1ccc(NC(=O)c2cc(NCC3(C=O)C(c4cc(Cl)cc(Cl)c4)C3(Cl)Cl)ccc2Cl)nc1F. The number of pyridine rings is 1. The molecule has 3 aromatic rings. The highest BCUT2D eigenvalue weighted by atomic mass is 35.5. The Hall–Kier alpha value is -2.35. The minimum atomic E-state index is -1.41. The fourth-order valence-corrected chi connectivity index (χ4v) is 5.76. The molecule has 2 aromatic carbocycles. The molecule has 5 nitrogen and oxygen atoms in total. The number of aromatic nitrogens is 1. The van der Waals surface area contributed by atoms with E-state index in [1.807, 2.05) is 0 Å². The molecule has 1 saturated carbocycles. The van der Waals surface area contributed by atoms with Crippen molar-refractivity contribution in [2.24, 2.45) is 5.41 Å². The van der Waals surface area contributed by atoms with Crippen LogP contribution in [0.5, 0.6) is 0 Å². The van der Waals surface area contributed by atoms with Crippen LogP contribution in [0.25, 0.3) is 6.08 Å². The molecule has 2 unspecified atom stereocenters. The minimum Gasteiger partial charge on any atom is -0.384 e. The number of hydrogen-bond acceptors (Lipinski definition) is 4. The van der Waals surface area contributed by atoms with Crippen LogP contribution in [-0.4, -0.2) is 28.1 Å². The molecule has 1 amide bonds. The Morgan fingerprint density at radius 1 is 1.08 bits per heavy atom. The summed E-state index contributed by atoms with van der Waals surface area (Å²) in [5.41, 5.74) is 0.236. The first-order chi connectivity index (χ1) is 17.0. The van der Waals surface area contributed by atoms with Gasteiger partial charge in [-0.05, 0) is 54.1 Å².